The Kier molecular flexibility index (Phi) is 22.0. The molecular weight excluding hydrogens is 813 g/mol. The van der Waals surface area contributed by atoms with E-state index in [1.807, 2.05) is 12.4 Å². The zero-order valence-corrected chi connectivity index (χ0v) is 36.7. The minimum Gasteiger partial charge on any atom is -0.355 e. The van der Waals surface area contributed by atoms with Crippen LogP contribution in [0.4, 0.5) is 11.6 Å². The minimum absolute atomic E-state index is 0. The summed E-state index contributed by atoms with van der Waals surface area (Å²) in [5.74, 6) is 72.0. The third-order valence-electron chi connectivity index (χ3n) is 10.1. The molecule has 2 aromatic carbocycles. The van der Waals surface area contributed by atoms with Crippen molar-refractivity contribution < 1.29 is 18.5 Å². The van der Waals surface area contributed by atoms with Crippen molar-refractivity contribution in [1.82, 2.24) is 9.97 Å². The van der Waals surface area contributed by atoms with Gasteiger partial charge in [-0.25, -0.2) is 9.97 Å². The molecule has 66 heavy (non-hydrogen) atoms. The first-order valence-corrected chi connectivity index (χ1v) is 20.6. The van der Waals surface area contributed by atoms with Crippen molar-refractivity contribution in [2.24, 2.45) is 32.7 Å². The summed E-state index contributed by atoms with van der Waals surface area (Å²) in [6.07, 6.45) is 10.9. The van der Waals surface area contributed by atoms with Gasteiger partial charge in [0.05, 0.1) is 18.4 Å². The lowest BCUT2D eigenvalue weighted by Gasteiger charge is -2.42. The van der Waals surface area contributed by atoms with Crippen LogP contribution in [-0.4, -0.2) is 29.6 Å². The maximum atomic E-state index is 6.75. The Hall–Kier alpha value is -9.64. The van der Waals surface area contributed by atoms with Gasteiger partial charge in [-0.15, -0.1) is 0 Å². The van der Waals surface area contributed by atoms with E-state index in [0.29, 0.717) is 6.04 Å². The monoisotopic (exact) mass is 881 g/mol. The minimum atomic E-state index is 0. The van der Waals surface area contributed by atoms with Crippen LogP contribution >= 0.6 is 0 Å². The summed E-state index contributed by atoms with van der Waals surface area (Å²) in [5.41, 5.74) is 17.0. The number of hydrogen-bond donors (Lipinski definition) is 3. The lowest BCUT2D eigenvalue weighted by atomic mass is 9.73. The molecular formula is C56H68N10. The van der Waals surface area contributed by atoms with Crippen molar-refractivity contribution >= 4 is 11.6 Å². The molecule has 2 aliphatic heterocycles. The maximum absolute atomic E-state index is 6.75. The van der Waals surface area contributed by atoms with E-state index in [2.05, 4.69) is 240 Å². The van der Waals surface area contributed by atoms with Crippen LogP contribution in [0.1, 0.15) is 93.3 Å². The Morgan fingerprint density at radius 3 is 1.48 bits per heavy atom. The van der Waals surface area contributed by atoms with E-state index >= 15 is 0 Å². The van der Waals surface area contributed by atoms with Gasteiger partial charge < -0.3 is 21.4 Å². The number of benzene rings is 2. The predicted octanol–water partition coefficient (Wildman–Crippen LogP) is 9.58. The van der Waals surface area contributed by atoms with Crippen molar-refractivity contribution in [2.75, 3.05) is 29.4 Å². The fraction of sp³-hybridized carbons (Fsp3) is 0.250. The predicted molar refractivity (Wildman–Crippen MR) is 287 cm³/mol. The van der Waals surface area contributed by atoms with Crippen LogP contribution in [0.2, 0.25) is 0 Å². The normalized spacial score (nSPS) is 14.4. The van der Waals surface area contributed by atoms with Crippen molar-refractivity contribution in [2.45, 2.75) is 64.5 Å². The molecule has 1 spiro atoms. The second-order valence-corrected chi connectivity index (χ2v) is 13.9. The lowest BCUT2D eigenvalue weighted by Crippen LogP contribution is -2.44. The average Bonchev–Trinajstić information content (AvgIpc) is 3.63. The summed E-state index contributed by atoms with van der Waals surface area (Å²) in [6, 6.07) is 20.1. The van der Waals surface area contributed by atoms with E-state index in [9.17, 15) is 0 Å². The number of nitrogens with two attached hydrogens (primary N) is 2. The molecule has 10 heteroatoms. The summed E-state index contributed by atoms with van der Waals surface area (Å²) < 4.78 is 0. The first kappa shape index (κ1) is 49.0. The average molecular weight is 881 g/mol. The lowest BCUT2D eigenvalue weighted by molar-refractivity contribution is 0.187. The van der Waals surface area contributed by atoms with Gasteiger partial charge in [-0.1, -0.05) is 71.7 Å². The fourth-order valence-electron chi connectivity index (χ4n) is 7.18. The number of anilines is 2. The maximum Gasteiger partial charge on any atom is 0.147 e. The van der Waals surface area contributed by atoms with Crippen LogP contribution in [0.5, 0.6) is 0 Å². The highest BCUT2D eigenvalue weighted by molar-refractivity contribution is 5.50. The SMILES string of the molecule is CC#CC#CC#CC#CC#CC#CC#CC#CC#CC#CC#CC#CC#CC.N=N/N=N/N.N[C@@H]1c2ccccc2CC12CCN(c1cnc(N3CCCC[C@@H]3c3ccccc3)cn1)CC2.[HH].[HH].[HH].[HH].[HH].[HH].[HH].[HH].[HH].[HH].[HH].[HH].[HH]. The van der Waals surface area contributed by atoms with E-state index < -0.39 is 0 Å². The van der Waals surface area contributed by atoms with E-state index in [-0.39, 0.29) is 30.0 Å². The van der Waals surface area contributed by atoms with Crippen LogP contribution in [0, 0.1) is 165 Å². The van der Waals surface area contributed by atoms with Gasteiger partial charge >= 0.3 is 0 Å². The summed E-state index contributed by atoms with van der Waals surface area (Å²) in [7, 11) is 0. The van der Waals surface area contributed by atoms with E-state index in [1.54, 1.807) is 13.8 Å². The molecule has 5 N–H and O–H groups in total. The zero-order valence-electron chi connectivity index (χ0n) is 36.7. The number of rotatable bonds is 4. The van der Waals surface area contributed by atoms with Crippen molar-refractivity contribution in [1.29, 1.82) is 5.53 Å². The van der Waals surface area contributed by atoms with Crippen LogP contribution < -0.4 is 21.4 Å². The van der Waals surface area contributed by atoms with Crippen LogP contribution in [-0.2, 0) is 6.42 Å². The first-order chi connectivity index (χ1) is 32.6. The molecule has 3 aliphatic rings. The van der Waals surface area contributed by atoms with Gasteiger partial charge in [0.25, 0.3) is 0 Å². The Labute approximate surface area is 409 Å². The molecule has 0 unspecified atom stereocenters. The number of piperidine rings is 2. The molecule has 0 saturated carbocycles. The third-order valence-corrected chi connectivity index (χ3v) is 10.1. The summed E-state index contributed by atoms with van der Waals surface area (Å²) in [5, 5.41) is 7.73. The number of nitrogens with one attached hydrogen (secondary N) is 1. The molecule has 2 atom stereocenters. The Morgan fingerprint density at radius 1 is 0.606 bits per heavy atom. The molecule has 3 aromatic rings. The number of fused-ring (bicyclic) bond motifs is 1. The molecule has 2 fully saturated rings. The Morgan fingerprint density at radius 2 is 1.06 bits per heavy atom. The third kappa shape index (κ3) is 16.7. The van der Waals surface area contributed by atoms with Crippen molar-refractivity contribution in [3.63, 3.8) is 0 Å². The van der Waals surface area contributed by atoms with Crippen LogP contribution in [0.25, 0.3) is 0 Å². The second-order valence-electron chi connectivity index (χ2n) is 13.9. The largest absolute Gasteiger partial charge is 0.355 e. The van der Waals surface area contributed by atoms with Crippen LogP contribution in [0.15, 0.2) is 82.7 Å². The zero-order chi connectivity index (χ0) is 46.8. The van der Waals surface area contributed by atoms with E-state index in [1.165, 1.54) is 36.0 Å². The Bertz CT molecular complexity index is 3020. The standard InChI is InChI=1S/C28H33N5.C28H6.H3N5.13H2/c29-27-23-11-5-4-10-22(23)18-28(27)13-16-32(17-14-28)25-19-31-26(20-30-25)33-15-7-6-12-24(33)21-8-2-1-3-9-21;1-3-5-7-9-11-13-15-17-19-21-23-25-27-28-26-24-22-20-18-16-14-12-10-8-6-4-2;1-3-5-4-2;;;;;;;;;;;;;/h1-5,8-11,19-20,24,27H,6-7,12-18,29H2;1-2H3;(H3,1,2,5);13*1H/t24-,27-;;;;;;;;;;;;;;;/m1.............../s1. The molecule has 2 saturated heterocycles. The summed E-state index contributed by atoms with van der Waals surface area (Å²) >= 11 is 0. The molecule has 1 aliphatic carbocycles. The first-order valence-electron chi connectivity index (χ1n) is 20.6. The highest BCUT2D eigenvalue weighted by Gasteiger charge is 2.46. The van der Waals surface area contributed by atoms with Crippen molar-refractivity contribution in [3.8, 4) is 154 Å². The van der Waals surface area contributed by atoms with Gasteiger partial charge in [0, 0.05) is 91.6 Å². The number of hydrogen-bond acceptors (Lipinski definition) is 7. The van der Waals surface area contributed by atoms with Gasteiger partial charge in [-0.05, 0) is 180 Å². The van der Waals surface area contributed by atoms with Gasteiger partial charge in [0.15, 0.2) is 0 Å². The molecule has 6 rings (SSSR count). The Balaban J connectivity index is -0.000000122. The topological polar surface area (TPSA) is 145 Å². The molecule has 0 amide bonds. The highest BCUT2D eigenvalue weighted by atomic mass is 15.5. The van der Waals surface area contributed by atoms with E-state index in [4.69, 9.17) is 21.2 Å². The van der Waals surface area contributed by atoms with E-state index in [0.717, 1.165) is 50.5 Å². The van der Waals surface area contributed by atoms with Crippen molar-refractivity contribution in [3.05, 3.63) is 83.7 Å². The second kappa shape index (κ2) is 29.6. The number of nitrogens with zero attached hydrogens (tertiary/aromatic N) is 7. The fourth-order valence-corrected chi connectivity index (χ4v) is 7.18. The van der Waals surface area contributed by atoms with Gasteiger partial charge in [-0.2, -0.15) is 5.53 Å². The molecule has 0 radical (unpaired) electrons. The van der Waals surface area contributed by atoms with Gasteiger partial charge in [0.2, 0.25) is 0 Å². The van der Waals surface area contributed by atoms with Gasteiger partial charge in [0.1, 0.15) is 11.6 Å². The summed E-state index contributed by atoms with van der Waals surface area (Å²) in [4.78, 5) is 14.6. The quantitative estimate of drug-likeness (QED) is 0.103. The smallest absolute Gasteiger partial charge is 0.147 e. The molecule has 342 valence electrons. The highest BCUT2D eigenvalue weighted by Crippen LogP contribution is 2.51. The van der Waals surface area contributed by atoms with Gasteiger partial charge in [-0.3, -0.25) is 0 Å². The molecule has 1 aromatic heterocycles. The summed E-state index contributed by atoms with van der Waals surface area (Å²) in [6.45, 7) is 6.42. The van der Waals surface area contributed by atoms with Crippen LogP contribution in [0.3, 0.4) is 0 Å². The molecule has 10 nitrogen and oxygen atoms in total. The molecule has 3 heterocycles. The molecule has 0 bridgehead atoms. The number of aromatic nitrogens is 2.